The molecule has 0 saturated heterocycles. The molecule has 1 rings (SSSR count). The van der Waals surface area contributed by atoms with Gasteiger partial charge in [-0.3, -0.25) is 4.79 Å². The van der Waals surface area contributed by atoms with Crippen molar-refractivity contribution in [2.24, 2.45) is 0 Å². The molecule has 20 heavy (non-hydrogen) atoms. The van der Waals surface area contributed by atoms with Gasteiger partial charge in [0.15, 0.2) is 0 Å². The van der Waals surface area contributed by atoms with Gasteiger partial charge in [0.2, 0.25) is 0 Å². The Morgan fingerprint density at radius 2 is 2.20 bits per heavy atom. The van der Waals surface area contributed by atoms with Gasteiger partial charge in [-0.15, -0.1) is 0 Å². The summed E-state index contributed by atoms with van der Waals surface area (Å²) in [5, 5.41) is 2.89. The van der Waals surface area contributed by atoms with Crippen molar-refractivity contribution in [3.8, 4) is 5.75 Å². The zero-order valence-corrected chi connectivity index (χ0v) is 12.5. The summed E-state index contributed by atoms with van der Waals surface area (Å²) in [7, 11) is -2.68. The van der Waals surface area contributed by atoms with Crippen molar-refractivity contribution < 1.29 is 13.6 Å². The van der Waals surface area contributed by atoms with E-state index in [1.54, 1.807) is 0 Å². The monoisotopic (exact) mass is 302 g/mol. The number of nitrogens with zero attached hydrogens (tertiary/aromatic N) is 1. The normalized spacial score (nSPS) is 13.5. The Labute approximate surface area is 129 Å². The number of benzene rings is 1. The molecule has 0 aliphatic heterocycles. The Balaban J connectivity index is 2.88. The number of halogens is 1. The molecule has 5 nitrogen and oxygen atoms in total. The van der Waals surface area contributed by atoms with E-state index in [2.05, 4.69) is 10.2 Å². The molecule has 1 amide bonds. The van der Waals surface area contributed by atoms with Crippen LogP contribution in [0.5, 0.6) is 5.75 Å². The van der Waals surface area contributed by atoms with Crippen LogP contribution in [-0.2, 0) is 0 Å². The molecular formula is C14H22ClN3O2. The molecule has 0 spiro atoms. The van der Waals surface area contributed by atoms with Crippen LogP contribution in [0, 0.1) is 0 Å². The highest BCUT2D eigenvalue weighted by atomic mass is 35.5. The van der Waals surface area contributed by atoms with Crippen LogP contribution in [0.2, 0.25) is 5.02 Å². The van der Waals surface area contributed by atoms with Crippen LogP contribution < -0.4 is 15.8 Å². The molecule has 0 radical (unpaired) electrons. The van der Waals surface area contributed by atoms with E-state index in [4.69, 9.17) is 26.2 Å². The van der Waals surface area contributed by atoms with Gasteiger partial charge in [-0.25, -0.2) is 0 Å². The van der Waals surface area contributed by atoms with Gasteiger partial charge in [-0.05, 0) is 19.2 Å². The van der Waals surface area contributed by atoms with Gasteiger partial charge in [-0.2, -0.15) is 0 Å². The summed E-state index contributed by atoms with van der Waals surface area (Å²) in [5.41, 5.74) is 5.84. The lowest BCUT2D eigenvalue weighted by Crippen LogP contribution is -2.34. The van der Waals surface area contributed by atoms with Crippen LogP contribution in [0.15, 0.2) is 12.1 Å². The average molecular weight is 303 g/mol. The highest BCUT2D eigenvalue weighted by Crippen LogP contribution is 2.28. The lowest BCUT2D eigenvalue weighted by Gasteiger charge is -2.18. The lowest BCUT2D eigenvalue weighted by molar-refractivity contribution is 0.0946. The van der Waals surface area contributed by atoms with Crippen molar-refractivity contribution in [2.75, 3.05) is 39.0 Å². The van der Waals surface area contributed by atoms with Crippen molar-refractivity contribution in [3.63, 3.8) is 0 Å². The molecule has 1 aromatic carbocycles. The molecule has 1 aromatic rings. The number of nitrogens with one attached hydrogen (secondary N) is 1. The van der Waals surface area contributed by atoms with Gasteiger partial charge in [0.25, 0.3) is 5.91 Å². The summed E-state index contributed by atoms with van der Waals surface area (Å²) >= 11 is 5.92. The first kappa shape index (κ1) is 12.3. The molecule has 0 fully saturated rings. The second-order valence-electron chi connectivity index (χ2n) is 4.25. The predicted octanol–water partition coefficient (Wildman–Crippen LogP) is 2.00. The van der Waals surface area contributed by atoms with Crippen molar-refractivity contribution in [2.45, 2.75) is 13.8 Å². The Morgan fingerprint density at radius 3 is 2.80 bits per heavy atom. The standard InChI is InChI=1S/C14H22ClN3O2/c1-4-18(5-2)7-6-17-14(19)10-8-11(15)12(16)9-13(10)20-3/h8-9H,4-7,16H2,1-3H3,(H,17,19)/i3D3. The number of methoxy groups -OCH3 is 1. The number of nitrogen functional groups attached to an aromatic ring is 1. The number of ether oxygens (including phenoxy) is 1. The first-order chi connectivity index (χ1) is 10.7. The summed E-state index contributed by atoms with van der Waals surface area (Å²) in [4.78, 5) is 14.4. The number of rotatable bonds is 7. The fraction of sp³-hybridized carbons (Fsp3) is 0.500. The predicted molar refractivity (Wildman–Crippen MR) is 82.5 cm³/mol. The number of amides is 1. The fourth-order valence-corrected chi connectivity index (χ4v) is 1.96. The van der Waals surface area contributed by atoms with E-state index in [0.29, 0.717) is 13.1 Å². The van der Waals surface area contributed by atoms with Crippen molar-refractivity contribution in [1.29, 1.82) is 0 Å². The van der Waals surface area contributed by atoms with E-state index in [-0.39, 0.29) is 22.0 Å². The number of hydrogen-bond acceptors (Lipinski definition) is 4. The summed E-state index contributed by atoms with van der Waals surface area (Å²) in [6, 6.07) is 2.55. The molecule has 0 bridgehead atoms. The van der Waals surface area contributed by atoms with Crippen LogP contribution in [0.3, 0.4) is 0 Å². The van der Waals surface area contributed by atoms with Crippen LogP contribution >= 0.6 is 11.6 Å². The van der Waals surface area contributed by atoms with Crippen molar-refractivity contribution in [3.05, 3.63) is 22.7 Å². The Kier molecular flexibility index (Phi) is 4.90. The van der Waals surface area contributed by atoms with Gasteiger partial charge < -0.3 is 20.7 Å². The van der Waals surface area contributed by atoms with Crippen LogP contribution in [0.25, 0.3) is 0 Å². The van der Waals surface area contributed by atoms with E-state index < -0.39 is 12.9 Å². The second kappa shape index (κ2) is 7.97. The Bertz CT molecular complexity index is 549. The maximum Gasteiger partial charge on any atom is 0.255 e. The van der Waals surface area contributed by atoms with E-state index in [1.165, 1.54) is 12.1 Å². The number of anilines is 1. The minimum atomic E-state index is -2.68. The molecule has 3 N–H and O–H groups in total. The van der Waals surface area contributed by atoms with Crippen LogP contribution in [0.4, 0.5) is 5.69 Å². The minimum Gasteiger partial charge on any atom is -0.496 e. The molecule has 0 atom stereocenters. The highest BCUT2D eigenvalue weighted by molar-refractivity contribution is 6.33. The maximum absolute atomic E-state index is 12.3. The largest absolute Gasteiger partial charge is 0.496 e. The molecule has 0 aliphatic carbocycles. The van der Waals surface area contributed by atoms with Gasteiger partial charge in [0.05, 0.1) is 27.4 Å². The summed E-state index contributed by atoms with van der Waals surface area (Å²) in [5.74, 6) is -0.578. The molecule has 0 aliphatic rings. The van der Waals surface area contributed by atoms with E-state index in [0.717, 1.165) is 13.1 Å². The second-order valence-corrected chi connectivity index (χ2v) is 4.66. The third-order valence-electron chi connectivity index (χ3n) is 3.06. The molecule has 0 unspecified atom stereocenters. The average Bonchev–Trinajstić information content (AvgIpc) is 2.45. The molecule has 112 valence electrons. The zero-order chi connectivity index (χ0) is 17.6. The van der Waals surface area contributed by atoms with Crippen LogP contribution in [0.1, 0.15) is 28.3 Å². The minimum absolute atomic E-state index is 0.0415. The Morgan fingerprint density at radius 1 is 1.50 bits per heavy atom. The topological polar surface area (TPSA) is 67.6 Å². The third-order valence-corrected chi connectivity index (χ3v) is 3.39. The van der Waals surface area contributed by atoms with E-state index in [1.807, 2.05) is 13.8 Å². The number of nitrogens with two attached hydrogens (primary N) is 1. The SMILES string of the molecule is [2H]C([2H])([2H])Oc1cc(N)c(Cl)cc1C(=O)NCCN(CC)CC. The van der Waals surface area contributed by atoms with Crippen LogP contribution in [-0.4, -0.2) is 44.0 Å². The first-order valence-electron chi connectivity index (χ1n) is 7.96. The lowest BCUT2D eigenvalue weighted by atomic mass is 10.1. The highest BCUT2D eigenvalue weighted by Gasteiger charge is 2.14. The third kappa shape index (κ3) is 4.28. The number of carbonyl (C=O) groups excluding carboxylic acids is 1. The van der Waals surface area contributed by atoms with Gasteiger partial charge in [0.1, 0.15) is 5.75 Å². The van der Waals surface area contributed by atoms with Gasteiger partial charge in [0, 0.05) is 19.2 Å². The molecular weight excluding hydrogens is 278 g/mol. The van der Waals surface area contributed by atoms with Gasteiger partial charge in [-0.1, -0.05) is 25.4 Å². The zero-order valence-electron chi connectivity index (χ0n) is 14.7. The van der Waals surface area contributed by atoms with Gasteiger partial charge >= 0.3 is 0 Å². The first-order valence-corrected chi connectivity index (χ1v) is 6.84. The number of hydrogen-bond donors (Lipinski definition) is 2. The fourth-order valence-electron chi connectivity index (χ4n) is 1.79. The summed E-state index contributed by atoms with van der Waals surface area (Å²) in [6.45, 7) is 6.95. The molecule has 6 heteroatoms. The van der Waals surface area contributed by atoms with E-state index in [9.17, 15) is 4.79 Å². The quantitative estimate of drug-likeness (QED) is 0.756. The van der Waals surface area contributed by atoms with E-state index >= 15 is 0 Å². The molecule has 0 aromatic heterocycles. The summed E-state index contributed by atoms with van der Waals surface area (Å²) in [6.07, 6.45) is 0. The number of carbonyl (C=O) groups is 1. The molecule has 0 heterocycles. The Hall–Kier alpha value is -1.46. The molecule has 0 saturated carbocycles. The maximum atomic E-state index is 12.3. The summed E-state index contributed by atoms with van der Waals surface area (Å²) < 4.78 is 26.4. The van der Waals surface area contributed by atoms with Crippen molar-refractivity contribution in [1.82, 2.24) is 10.2 Å². The number of likely N-dealkylation sites (N-methyl/N-ethyl adjacent to an activating group) is 1. The van der Waals surface area contributed by atoms with Crippen molar-refractivity contribution >= 4 is 23.2 Å². The smallest absolute Gasteiger partial charge is 0.255 e.